The number of carbonyl (C=O) groups excluding carboxylic acids is 2. The van der Waals surface area contributed by atoms with Gasteiger partial charge in [0.15, 0.2) is 5.25 Å². The Kier molecular flexibility index (Phi) is 16.0. The van der Waals surface area contributed by atoms with Gasteiger partial charge in [-0.15, -0.1) is 0 Å². The van der Waals surface area contributed by atoms with Crippen LogP contribution in [0.4, 0.5) is 0 Å². The van der Waals surface area contributed by atoms with Gasteiger partial charge in [0.25, 0.3) is 0 Å². The van der Waals surface area contributed by atoms with Crippen molar-refractivity contribution in [2.24, 2.45) is 0 Å². The summed E-state index contributed by atoms with van der Waals surface area (Å²) in [5.74, 6) is -2.17. The maximum Gasteiger partial charge on any atom is 1.00 e. The number of carbonyl (C=O) groups is 2. The summed E-state index contributed by atoms with van der Waals surface area (Å²) in [6.45, 7) is 5.31. The molecule has 7 nitrogen and oxygen atoms in total. The number of unbranched alkanes of at least 4 members (excludes halogenated alkanes) is 5. The zero-order chi connectivity index (χ0) is 17.7. The molecule has 134 valence electrons. The summed E-state index contributed by atoms with van der Waals surface area (Å²) >= 11 is 0. The molecule has 0 aliphatic carbocycles. The Labute approximate surface area is 166 Å². The predicted octanol–water partition coefficient (Wildman–Crippen LogP) is -1.07. The topological polar surface area (TPSA) is 110 Å². The van der Waals surface area contributed by atoms with Crippen molar-refractivity contribution in [2.45, 2.75) is 57.1 Å². The molecule has 0 aliphatic rings. The minimum absolute atomic E-state index is 0. The Hall–Kier alpha value is -0.410. The number of hydrogen-bond donors (Lipinski definition) is 0. The minimum atomic E-state index is -4.99. The Morgan fingerprint density at radius 2 is 1.71 bits per heavy atom. The molecular formula is C15H25NaO7S. The molecule has 0 heterocycles. The second kappa shape index (κ2) is 14.9. The zero-order valence-electron chi connectivity index (χ0n) is 14.5. The van der Waals surface area contributed by atoms with Crippen LogP contribution in [0.5, 0.6) is 0 Å². The molecule has 0 aromatic rings. The number of ether oxygens (including phenoxy) is 2. The summed E-state index contributed by atoms with van der Waals surface area (Å²) in [4.78, 5) is 23.1. The quantitative estimate of drug-likeness (QED) is 0.133. The number of hydrogen-bond acceptors (Lipinski definition) is 7. The first-order valence-corrected chi connectivity index (χ1v) is 9.18. The minimum Gasteiger partial charge on any atom is -0.747 e. The van der Waals surface area contributed by atoms with E-state index in [1.165, 1.54) is 6.08 Å². The molecule has 1 atom stereocenters. The van der Waals surface area contributed by atoms with E-state index < -0.39 is 33.7 Å². The van der Waals surface area contributed by atoms with Gasteiger partial charge < -0.3 is 14.0 Å². The normalized spacial score (nSPS) is 11.9. The van der Waals surface area contributed by atoms with Gasteiger partial charge in [-0.3, -0.25) is 9.59 Å². The molecule has 0 radical (unpaired) electrons. The summed E-state index contributed by atoms with van der Waals surface area (Å²) in [5.41, 5.74) is 0. The third-order valence-corrected chi connectivity index (χ3v) is 4.12. The molecule has 9 heteroatoms. The molecule has 0 rings (SSSR count). The van der Waals surface area contributed by atoms with Crippen molar-refractivity contribution in [3.8, 4) is 0 Å². The summed E-state index contributed by atoms with van der Waals surface area (Å²) in [7, 11) is -4.99. The molecule has 24 heavy (non-hydrogen) atoms. The Morgan fingerprint density at radius 1 is 1.12 bits per heavy atom. The molecule has 1 unspecified atom stereocenters. The van der Waals surface area contributed by atoms with E-state index >= 15 is 0 Å². The van der Waals surface area contributed by atoms with Crippen molar-refractivity contribution in [1.29, 1.82) is 0 Å². The molecule has 0 aromatic heterocycles. The number of rotatable bonds is 13. The Balaban J connectivity index is 0. The van der Waals surface area contributed by atoms with Gasteiger partial charge in [-0.05, 0) is 6.42 Å². The van der Waals surface area contributed by atoms with Crippen LogP contribution in [0.15, 0.2) is 12.7 Å². The van der Waals surface area contributed by atoms with Crippen molar-refractivity contribution < 1.29 is 61.6 Å². The largest absolute Gasteiger partial charge is 1.00 e. The van der Waals surface area contributed by atoms with Crippen LogP contribution in [0.3, 0.4) is 0 Å². The number of esters is 2. The van der Waals surface area contributed by atoms with Crippen molar-refractivity contribution in [1.82, 2.24) is 0 Å². The van der Waals surface area contributed by atoms with E-state index in [0.717, 1.165) is 32.1 Å². The van der Waals surface area contributed by atoms with Crippen LogP contribution in [0.2, 0.25) is 0 Å². The molecule has 0 saturated carbocycles. The van der Waals surface area contributed by atoms with Gasteiger partial charge in [0.05, 0.1) is 13.0 Å². The molecule has 0 fully saturated rings. The zero-order valence-corrected chi connectivity index (χ0v) is 17.3. The van der Waals surface area contributed by atoms with Crippen LogP contribution < -0.4 is 29.6 Å². The van der Waals surface area contributed by atoms with E-state index in [9.17, 15) is 22.6 Å². The molecule has 0 saturated heterocycles. The first kappa shape index (κ1) is 25.8. The van der Waals surface area contributed by atoms with Crippen molar-refractivity contribution in [2.75, 3.05) is 13.2 Å². The fourth-order valence-corrected chi connectivity index (χ4v) is 2.46. The summed E-state index contributed by atoms with van der Waals surface area (Å²) in [5, 5.41) is -2.08. The van der Waals surface area contributed by atoms with Gasteiger partial charge in [-0.1, -0.05) is 51.7 Å². The van der Waals surface area contributed by atoms with E-state index in [1.807, 2.05) is 0 Å². The summed E-state index contributed by atoms with van der Waals surface area (Å²) < 4.78 is 42.6. The van der Waals surface area contributed by atoms with Gasteiger partial charge in [-0.2, -0.15) is 0 Å². The van der Waals surface area contributed by atoms with Crippen LogP contribution in [-0.2, 0) is 29.2 Å². The first-order chi connectivity index (χ1) is 10.8. The third-order valence-electron chi connectivity index (χ3n) is 3.07. The van der Waals surface area contributed by atoms with Crippen LogP contribution in [0.1, 0.15) is 51.9 Å². The van der Waals surface area contributed by atoms with E-state index in [-0.39, 0.29) is 42.8 Å². The monoisotopic (exact) mass is 372 g/mol. The van der Waals surface area contributed by atoms with Gasteiger partial charge in [0, 0.05) is 0 Å². The SMILES string of the molecule is C=CCOC(=O)C(CC(=O)OCCCCCCCC)S(=O)(=O)[O-].[Na+]. The molecule has 0 spiro atoms. The van der Waals surface area contributed by atoms with E-state index in [1.54, 1.807) is 0 Å². The van der Waals surface area contributed by atoms with Crippen molar-refractivity contribution in [3.05, 3.63) is 12.7 Å². The second-order valence-corrected chi connectivity index (χ2v) is 6.65. The molecule has 0 aromatic carbocycles. The Morgan fingerprint density at radius 3 is 2.25 bits per heavy atom. The Bertz CT molecular complexity index is 476. The van der Waals surface area contributed by atoms with Gasteiger partial charge in [0.1, 0.15) is 16.7 Å². The van der Waals surface area contributed by atoms with Crippen molar-refractivity contribution >= 4 is 22.1 Å². The van der Waals surface area contributed by atoms with E-state index in [4.69, 9.17) is 4.74 Å². The van der Waals surface area contributed by atoms with E-state index in [0.29, 0.717) is 6.42 Å². The fourth-order valence-electron chi connectivity index (χ4n) is 1.82. The average Bonchev–Trinajstić information content (AvgIpc) is 2.48. The standard InChI is InChI=1S/C15H26O7S.Na/c1-3-5-6-7-8-9-11-21-14(16)12-13(23(18,19)20)15(17)22-10-4-2;/h4,13H,2-3,5-12H2,1H3,(H,18,19,20);/q;+1/p-1. The first-order valence-electron chi connectivity index (χ1n) is 7.70. The van der Waals surface area contributed by atoms with Crippen LogP contribution in [0.25, 0.3) is 0 Å². The fraction of sp³-hybridized carbons (Fsp3) is 0.733. The third kappa shape index (κ3) is 12.9. The van der Waals surface area contributed by atoms with Gasteiger partial charge >= 0.3 is 41.5 Å². The second-order valence-electron chi connectivity index (χ2n) is 5.09. The average molecular weight is 372 g/mol. The molecule has 0 N–H and O–H groups in total. The molecular weight excluding hydrogens is 347 g/mol. The maximum atomic E-state index is 11.6. The van der Waals surface area contributed by atoms with Gasteiger partial charge in [0.2, 0.25) is 0 Å². The van der Waals surface area contributed by atoms with Crippen LogP contribution in [0, 0.1) is 0 Å². The van der Waals surface area contributed by atoms with E-state index in [2.05, 4.69) is 18.2 Å². The molecule has 0 aliphatic heterocycles. The summed E-state index contributed by atoms with van der Waals surface area (Å²) in [6, 6.07) is 0. The molecule has 0 amide bonds. The predicted molar refractivity (Wildman–Crippen MR) is 83.6 cm³/mol. The summed E-state index contributed by atoms with van der Waals surface area (Å²) in [6.07, 6.45) is 6.41. The molecule has 0 bridgehead atoms. The van der Waals surface area contributed by atoms with Crippen molar-refractivity contribution in [3.63, 3.8) is 0 Å². The van der Waals surface area contributed by atoms with Crippen LogP contribution >= 0.6 is 0 Å². The van der Waals surface area contributed by atoms with Crippen LogP contribution in [-0.4, -0.2) is 43.4 Å². The smallest absolute Gasteiger partial charge is 0.747 e. The maximum absolute atomic E-state index is 11.6. The van der Waals surface area contributed by atoms with Gasteiger partial charge in [-0.25, -0.2) is 8.42 Å².